The highest BCUT2D eigenvalue weighted by Gasteiger charge is 2.50. The van der Waals surface area contributed by atoms with Crippen molar-refractivity contribution in [2.75, 3.05) is 19.6 Å². The topological polar surface area (TPSA) is 49.3 Å². The number of aromatic nitrogens is 2. The molecule has 3 fully saturated rings. The molecule has 1 saturated carbocycles. The van der Waals surface area contributed by atoms with Crippen molar-refractivity contribution in [3.05, 3.63) is 59.9 Å². The number of carbonyl (C=O) groups excluding carboxylic acids is 1. The first-order chi connectivity index (χ1) is 13.7. The van der Waals surface area contributed by atoms with Crippen molar-refractivity contribution in [1.29, 1.82) is 0 Å². The fraction of sp³-hybridized carbons (Fsp3) is 0.500. The highest BCUT2D eigenvalue weighted by molar-refractivity contribution is 5.92. The van der Waals surface area contributed by atoms with E-state index in [9.17, 15) is 9.18 Å². The van der Waals surface area contributed by atoms with Gasteiger partial charge in [0.05, 0.1) is 12.2 Å². The Morgan fingerprint density at radius 1 is 1.11 bits per heavy atom. The standard InChI is InChI=1S/C22H25FN4O/c23-17-5-3-4-15(10-17)21-19-14-26(18-6-1-2-7-18)12-16(19)13-27(21)22(28)20-11-24-8-9-25-20/h3-5,8-11,16,18-19,21H,1-2,6-7,12-14H2/t16-,19-,21+/m0/s1. The highest BCUT2D eigenvalue weighted by atomic mass is 19.1. The van der Waals surface area contributed by atoms with Gasteiger partial charge in [-0.25, -0.2) is 9.37 Å². The molecule has 5 nitrogen and oxygen atoms in total. The van der Waals surface area contributed by atoms with Crippen LogP contribution in [0.5, 0.6) is 0 Å². The third kappa shape index (κ3) is 3.09. The molecule has 1 aromatic heterocycles. The smallest absolute Gasteiger partial charge is 0.274 e. The third-order valence-corrected chi connectivity index (χ3v) is 6.77. The number of carbonyl (C=O) groups is 1. The van der Waals surface area contributed by atoms with Gasteiger partial charge >= 0.3 is 0 Å². The van der Waals surface area contributed by atoms with E-state index in [1.165, 1.54) is 37.9 Å². The summed E-state index contributed by atoms with van der Waals surface area (Å²) in [5, 5.41) is 0. The lowest BCUT2D eigenvalue weighted by molar-refractivity contribution is 0.0686. The molecule has 1 aliphatic carbocycles. The number of amides is 1. The molecule has 3 atom stereocenters. The van der Waals surface area contributed by atoms with Crippen LogP contribution in [0.4, 0.5) is 4.39 Å². The minimum Gasteiger partial charge on any atom is -0.330 e. The van der Waals surface area contributed by atoms with Crippen LogP contribution in [0.2, 0.25) is 0 Å². The van der Waals surface area contributed by atoms with Gasteiger partial charge in [-0.1, -0.05) is 25.0 Å². The first-order valence-corrected chi connectivity index (χ1v) is 10.3. The van der Waals surface area contributed by atoms with Gasteiger partial charge in [0, 0.05) is 44.0 Å². The summed E-state index contributed by atoms with van der Waals surface area (Å²) in [5.74, 6) is 0.403. The lowest BCUT2D eigenvalue weighted by Gasteiger charge is -2.31. The summed E-state index contributed by atoms with van der Waals surface area (Å²) in [6.07, 6.45) is 9.84. The number of rotatable bonds is 3. The molecule has 2 saturated heterocycles. The second-order valence-electron chi connectivity index (χ2n) is 8.36. The maximum absolute atomic E-state index is 14.0. The molecule has 146 valence electrons. The summed E-state index contributed by atoms with van der Waals surface area (Å²) in [6.45, 7) is 2.72. The van der Waals surface area contributed by atoms with Crippen LogP contribution in [0.3, 0.4) is 0 Å². The van der Waals surface area contributed by atoms with E-state index in [1.807, 2.05) is 11.0 Å². The van der Waals surface area contributed by atoms with Crippen molar-refractivity contribution in [2.45, 2.75) is 37.8 Å². The SMILES string of the molecule is O=C(c1cnccn1)N1C[C@@H]2CN(C3CCCC3)C[C@@H]2[C@H]1c1cccc(F)c1. The number of likely N-dealkylation sites (tertiary alicyclic amines) is 2. The van der Waals surface area contributed by atoms with E-state index < -0.39 is 0 Å². The third-order valence-electron chi connectivity index (χ3n) is 6.77. The zero-order valence-corrected chi connectivity index (χ0v) is 15.9. The van der Waals surface area contributed by atoms with Crippen molar-refractivity contribution in [2.24, 2.45) is 11.8 Å². The first kappa shape index (κ1) is 17.7. The van der Waals surface area contributed by atoms with Crippen molar-refractivity contribution in [1.82, 2.24) is 19.8 Å². The van der Waals surface area contributed by atoms with Crippen molar-refractivity contribution in [3.8, 4) is 0 Å². The van der Waals surface area contributed by atoms with Crippen molar-refractivity contribution >= 4 is 5.91 Å². The second-order valence-corrected chi connectivity index (χ2v) is 8.36. The number of hydrogen-bond acceptors (Lipinski definition) is 4. The van der Waals surface area contributed by atoms with E-state index in [2.05, 4.69) is 14.9 Å². The Hall–Kier alpha value is -2.34. The molecule has 2 aromatic rings. The molecule has 0 radical (unpaired) electrons. The number of hydrogen-bond donors (Lipinski definition) is 0. The van der Waals surface area contributed by atoms with Gasteiger partial charge in [0.25, 0.3) is 5.91 Å². The fourth-order valence-electron chi connectivity index (χ4n) is 5.53. The fourth-order valence-corrected chi connectivity index (χ4v) is 5.53. The summed E-state index contributed by atoms with van der Waals surface area (Å²) in [6, 6.07) is 7.31. The molecule has 0 N–H and O–H groups in total. The predicted octanol–water partition coefficient (Wildman–Crippen LogP) is 3.30. The van der Waals surface area contributed by atoms with Gasteiger partial charge in [0.2, 0.25) is 0 Å². The molecule has 6 heteroatoms. The molecule has 1 aromatic carbocycles. The van der Waals surface area contributed by atoms with Crippen LogP contribution >= 0.6 is 0 Å². The summed E-state index contributed by atoms with van der Waals surface area (Å²) in [7, 11) is 0. The Balaban J connectivity index is 1.46. The van der Waals surface area contributed by atoms with Gasteiger partial charge in [-0.05, 0) is 36.5 Å². The summed E-state index contributed by atoms with van der Waals surface area (Å²) in [4.78, 5) is 26.0. The second kappa shape index (κ2) is 7.24. The Labute approximate surface area is 164 Å². The van der Waals surface area contributed by atoms with E-state index in [0.29, 0.717) is 30.1 Å². The number of benzene rings is 1. The zero-order chi connectivity index (χ0) is 19.1. The van der Waals surface area contributed by atoms with Gasteiger partial charge in [0.15, 0.2) is 0 Å². The van der Waals surface area contributed by atoms with Gasteiger partial charge < -0.3 is 4.90 Å². The average Bonchev–Trinajstić information content (AvgIpc) is 3.43. The highest BCUT2D eigenvalue weighted by Crippen LogP contribution is 2.47. The van der Waals surface area contributed by atoms with Crippen LogP contribution in [0.25, 0.3) is 0 Å². The summed E-state index contributed by atoms with van der Waals surface area (Å²) in [5.41, 5.74) is 1.24. The molecule has 28 heavy (non-hydrogen) atoms. The van der Waals surface area contributed by atoms with Crippen LogP contribution in [0.1, 0.15) is 47.8 Å². The van der Waals surface area contributed by atoms with Crippen LogP contribution < -0.4 is 0 Å². The van der Waals surface area contributed by atoms with E-state index in [4.69, 9.17) is 0 Å². The quantitative estimate of drug-likeness (QED) is 0.820. The minimum atomic E-state index is -0.251. The summed E-state index contributed by atoms with van der Waals surface area (Å²) >= 11 is 0. The zero-order valence-electron chi connectivity index (χ0n) is 15.9. The largest absolute Gasteiger partial charge is 0.330 e. The predicted molar refractivity (Wildman–Crippen MR) is 103 cm³/mol. The number of halogens is 1. The molecule has 3 heterocycles. The Morgan fingerprint density at radius 2 is 1.96 bits per heavy atom. The van der Waals surface area contributed by atoms with Gasteiger partial charge in [-0.15, -0.1) is 0 Å². The molecular weight excluding hydrogens is 355 g/mol. The van der Waals surface area contributed by atoms with E-state index in [-0.39, 0.29) is 17.8 Å². The van der Waals surface area contributed by atoms with E-state index in [0.717, 1.165) is 18.7 Å². The van der Waals surface area contributed by atoms with E-state index >= 15 is 0 Å². The Kier molecular flexibility index (Phi) is 4.59. The van der Waals surface area contributed by atoms with Crippen LogP contribution in [0.15, 0.2) is 42.9 Å². The number of fused-ring (bicyclic) bond motifs is 1. The summed E-state index contributed by atoms with van der Waals surface area (Å²) < 4.78 is 14.0. The van der Waals surface area contributed by atoms with Crippen LogP contribution in [0, 0.1) is 17.7 Å². The van der Waals surface area contributed by atoms with Crippen molar-refractivity contribution < 1.29 is 9.18 Å². The Bertz CT molecular complexity index is 855. The van der Waals surface area contributed by atoms with Crippen molar-refractivity contribution in [3.63, 3.8) is 0 Å². The molecule has 0 unspecified atom stereocenters. The van der Waals surface area contributed by atoms with E-state index in [1.54, 1.807) is 24.5 Å². The molecule has 0 bridgehead atoms. The lowest BCUT2D eigenvalue weighted by atomic mass is 9.89. The first-order valence-electron chi connectivity index (χ1n) is 10.3. The molecule has 2 aliphatic heterocycles. The van der Waals surface area contributed by atoms with Gasteiger partial charge in [-0.2, -0.15) is 0 Å². The number of nitrogens with zero attached hydrogens (tertiary/aromatic N) is 4. The maximum atomic E-state index is 14.0. The lowest BCUT2D eigenvalue weighted by Crippen LogP contribution is -2.38. The molecule has 3 aliphatic rings. The average molecular weight is 380 g/mol. The molecular formula is C22H25FN4O. The molecule has 1 amide bonds. The normalized spacial score (nSPS) is 28.0. The monoisotopic (exact) mass is 380 g/mol. The maximum Gasteiger partial charge on any atom is 0.274 e. The van der Waals surface area contributed by atoms with Crippen LogP contribution in [-0.4, -0.2) is 51.4 Å². The van der Waals surface area contributed by atoms with Gasteiger partial charge in [0.1, 0.15) is 11.5 Å². The molecule has 0 spiro atoms. The minimum absolute atomic E-state index is 0.107. The van der Waals surface area contributed by atoms with Gasteiger partial charge in [-0.3, -0.25) is 14.7 Å². The molecule has 5 rings (SSSR count). The Morgan fingerprint density at radius 3 is 2.71 bits per heavy atom. The van der Waals surface area contributed by atoms with Crippen LogP contribution in [-0.2, 0) is 0 Å².